The van der Waals surface area contributed by atoms with E-state index in [9.17, 15) is 14.9 Å². The van der Waals surface area contributed by atoms with Crippen LogP contribution in [-0.4, -0.2) is 53.4 Å². The number of carbonyl (C=O) groups excluding carboxylic acids is 1. The zero-order valence-corrected chi connectivity index (χ0v) is 11.6. The van der Waals surface area contributed by atoms with Gasteiger partial charge >= 0.3 is 5.69 Å². The van der Waals surface area contributed by atoms with E-state index in [-0.39, 0.29) is 28.9 Å². The third-order valence-electron chi connectivity index (χ3n) is 3.73. The standard InChI is InChI=1S/C13H18N4O3/c1-9-8-16(7-6-15(9)2)13(18)10-4-3-5-11(14)12(10)17(19)20/h3-5,9H,6-8,14H2,1-2H3. The van der Waals surface area contributed by atoms with Gasteiger partial charge in [0.25, 0.3) is 5.91 Å². The van der Waals surface area contributed by atoms with Crippen LogP contribution in [0.1, 0.15) is 17.3 Å². The minimum Gasteiger partial charge on any atom is -0.393 e. The molecule has 0 aromatic heterocycles. The lowest BCUT2D eigenvalue weighted by atomic mass is 10.1. The molecular weight excluding hydrogens is 260 g/mol. The van der Waals surface area contributed by atoms with Crippen LogP contribution in [0.3, 0.4) is 0 Å². The molecule has 1 unspecified atom stereocenters. The number of carbonyl (C=O) groups is 1. The van der Waals surface area contributed by atoms with E-state index in [0.717, 1.165) is 6.54 Å². The first kappa shape index (κ1) is 14.3. The van der Waals surface area contributed by atoms with Crippen LogP contribution >= 0.6 is 0 Å². The van der Waals surface area contributed by atoms with E-state index in [1.807, 2.05) is 14.0 Å². The Morgan fingerprint density at radius 1 is 1.45 bits per heavy atom. The molecule has 0 radical (unpaired) electrons. The Labute approximate surface area is 117 Å². The Hall–Kier alpha value is -2.15. The summed E-state index contributed by atoms with van der Waals surface area (Å²) in [6, 6.07) is 4.68. The number of hydrogen-bond acceptors (Lipinski definition) is 5. The topological polar surface area (TPSA) is 92.7 Å². The van der Waals surface area contributed by atoms with Crippen LogP contribution in [0.2, 0.25) is 0 Å². The van der Waals surface area contributed by atoms with Gasteiger partial charge in [-0.3, -0.25) is 14.9 Å². The van der Waals surface area contributed by atoms with Crippen LogP contribution in [0.5, 0.6) is 0 Å². The number of piperazine rings is 1. The van der Waals surface area contributed by atoms with Crippen molar-refractivity contribution in [3.8, 4) is 0 Å². The second kappa shape index (κ2) is 5.46. The predicted octanol–water partition coefficient (Wildman–Crippen LogP) is 0.953. The second-order valence-electron chi connectivity index (χ2n) is 5.08. The number of nitro groups is 1. The molecule has 1 aliphatic rings. The van der Waals surface area contributed by atoms with Crippen molar-refractivity contribution in [1.29, 1.82) is 0 Å². The van der Waals surface area contributed by atoms with Gasteiger partial charge < -0.3 is 15.5 Å². The van der Waals surface area contributed by atoms with Gasteiger partial charge in [0, 0.05) is 25.7 Å². The molecule has 1 aliphatic heterocycles. The van der Waals surface area contributed by atoms with Gasteiger partial charge in [0.1, 0.15) is 11.3 Å². The lowest BCUT2D eigenvalue weighted by Crippen LogP contribution is -2.52. The Morgan fingerprint density at radius 2 is 2.15 bits per heavy atom. The molecular formula is C13H18N4O3. The van der Waals surface area contributed by atoms with Crippen molar-refractivity contribution >= 4 is 17.3 Å². The Kier molecular flexibility index (Phi) is 3.89. The largest absolute Gasteiger partial charge is 0.393 e. The number of likely N-dealkylation sites (N-methyl/N-ethyl adjacent to an activating group) is 1. The maximum atomic E-state index is 12.5. The summed E-state index contributed by atoms with van der Waals surface area (Å²) in [5.74, 6) is -0.330. The molecule has 1 amide bonds. The fourth-order valence-electron chi connectivity index (χ4n) is 2.34. The summed E-state index contributed by atoms with van der Waals surface area (Å²) < 4.78 is 0. The molecule has 2 N–H and O–H groups in total. The van der Waals surface area contributed by atoms with E-state index in [4.69, 9.17) is 5.73 Å². The number of benzene rings is 1. The molecule has 0 saturated carbocycles. The third kappa shape index (κ3) is 2.57. The van der Waals surface area contributed by atoms with Gasteiger partial charge in [0.2, 0.25) is 0 Å². The molecule has 0 aliphatic carbocycles. The Balaban J connectivity index is 2.30. The number of nitrogens with two attached hydrogens (primary N) is 1. The molecule has 1 fully saturated rings. The molecule has 1 aromatic carbocycles. The number of nitro benzene ring substituents is 1. The van der Waals surface area contributed by atoms with E-state index in [2.05, 4.69) is 4.90 Å². The SMILES string of the molecule is CC1CN(C(=O)c2cccc(N)c2[N+](=O)[O-])CCN1C. The molecule has 1 saturated heterocycles. The van der Waals surface area contributed by atoms with Crippen molar-refractivity contribution in [2.24, 2.45) is 0 Å². The molecule has 1 atom stereocenters. The lowest BCUT2D eigenvalue weighted by molar-refractivity contribution is -0.384. The molecule has 7 nitrogen and oxygen atoms in total. The first-order valence-electron chi connectivity index (χ1n) is 6.44. The van der Waals surface area contributed by atoms with E-state index in [1.54, 1.807) is 11.0 Å². The summed E-state index contributed by atoms with van der Waals surface area (Å²) in [4.78, 5) is 26.8. The minimum atomic E-state index is -0.595. The van der Waals surface area contributed by atoms with Crippen LogP contribution in [-0.2, 0) is 0 Å². The average Bonchev–Trinajstić information content (AvgIpc) is 2.40. The fraction of sp³-hybridized carbons (Fsp3) is 0.462. The van der Waals surface area contributed by atoms with Gasteiger partial charge in [0.05, 0.1) is 4.92 Å². The lowest BCUT2D eigenvalue weighted by Gasteiger charge is -2.37. The van der Waals surface area contributed by atoms with Crippen LogP contribution in [0.25, 0.3) is 0 Å². The average molecular weight is 278 g/mol. The fourth-order valence-corrected chi connectivity index (χ4v) is 2.34. The second-order valence-corrected chi connectivity index (χ2v) is 5.08. The highest BCUT2D eigenvalue weighted by Crippen LogP contribution is 2.27. The zero-order valence-electron chi connectivity index (χ0n) is 11.6. The first-order valence-corrected chi connectivity index (χ1v) is 6.44. The van der Waals surface area contributed by atoms with Gasteiger partial charge in [-0.1, -0.05) is 6.07 Å². The predicted molar refractivity (Wildman–Crippen MR) is 75.5 cm³/mol. The number of rotatable bonds is 2. The highest BCUT2D eigenvalue weighted by atomic mass is 16.6. The van der Waals surface area contributed by atoms with E-state index in [1.165, 1.54) is 12.1 Å². The summed E-state index contributed by atoms with van der Waals surface area (Å²) in [5.41, 5.74) is 5.40. The summed E-state index contributed by atoms with van der Waals surface area (Å²) in [5, 5.41) is 11.1. The van der Waals surface area contributed by atoms with Gasteiger partial charge in [-0.25, -0.2) is 0 Å². The van der Waals surface area contributed by atoms with Crippen LogP contribution in [0, 0.1) is 10.1 Å². The molecule has 20 heavy (non-hydrogen) atoms. The minimum absolute atomic E-state index is 0.0167. The van der Waals surface area contributed by atoms with E-state index in [0.29, 0.717) is 13.1 Å². The van der Waals surface area contributed by atoms with Crippen molar-refractivity contribution in [1.82, 2.24) is 9.80 Å². The summed E-state index contributed by atoms with van der Waals surface area (Å²) in [6.07, 6.45) is 0. The molecule has 108 valence electrons. The van der Waals surface area contributed by atoms with Crippen LogP contribution < -0.4 is 5.73 Å². The number of para-hydroxylation sites is 1. The van der Waals surface area contributed by atoms with Crippen LogP contribution in [0.4, 0.5) is 11.4 Å². The van der Waals surface area contributed by atoms with Gasteiger partial charge in [-0.2, -0.15) is 0 Å². The molecule has 1 aromatic rings. The van der Waals surface area contributed by atoms with Crippen molar-refractivity contribution in [3.05, 3.63) is 33.9 Å². The third-order valence-corrected chi connectivity index (χ3v) is 3.73. The van der Waals surface area contributed by atoms with Crippen LogP contribution in [0.15, 0.2) is 18.2 Å². The zero-order chi connectivity index (χ0) is 14.9. The van der Waals surface area contributed by atoms with Crippen molar-refractivity contribution in [2.75, 3.05) is 32.4 Å². The number of hydrogen-bond donors (Lipinski definition) is 1. The Bertz CT molecular complexity index is 546. The van der Waals surface area contributed by atoms with E-state index >= 15 is 0 Å². The van der Waals surface area contributed by atoms with Crippen molar-refractivity contribution in [3.63, 3.8) is 0 Å². The number of nitrogens with zero attached hydrogens (tertiary/aromatic N) is 3. The summed E-state index contributed by atoms with van der Waals surface area (Å²) in [7, 11) is 2.00. The highest BCUT2D eigenvalue weighted by molar-refractivity contribution is 6.00. The maximum Gasteiger partial charge on any atom is 0.304 e. The van der Waals surface area contributed by atoms with Gasteiger partial charge in [-0.05, 0) is 26.1 Å². The smallest absolute Gasteiger partial charge is 0.304 e. The van der Waals surface area contributed by atoms with E-state index < -0.39 is 4.92 Å². The molecule has 7 heteroatoms. The molecule has 2 rings (SSSR count). The highest BCUT2D eigenvalue weighted by Gasteiger charge is 2.30. The van der Waals surface area contributed by atoms with Crippen molar-refractivity contribution in [2.45, 2.75) is 13.0 Å². The molecule has 1 heterocycles. The summed E-state index contributed by atoms with van der Waals surface area (Å²) in [6.45, 7) is 3.89. The molecule has 0 spiro atoms. The monoisotopic (exact) mass is 278 g/mol. The normalized spacial score (nSPS) is 19.9. The van der Waals surface area contributed by atoms with Gasteiger partial charge in [0.15, 0.2) is 0 Å². The number of amides is 1. The van der Waals surface area contributed by atoms with Crippen molar-refractivity contribution < 1.29 is 9.72 Å². The maximum absolute atomic E-state index is 12.5. The molecule has 0 bridgehead atoms. The number of anilines is 1. The summed E-state index contributed by atoms with van der Waals surface area (Å²) >= 11 is 0. The van der Waals surface area contributed by atoms with Gasteiger partial charge in [-0.15, -0.1) is 0 Å². The first-order chi connectivity index (χ1) is 9.41. The Morgan fingerprint density at radius 3 is 2.75 bits per heavy atom. The number of nitrogen functional groups attached to an aromatic ring is 1. The quantitative estimate of drug-likeness (QED) is 0.494.